The maximum Gasteiger partial charge on any atom is 0.303 e. The summed E-state index contributed by atoms with van der Waals surface area (Å²) in [7, 11) is 0. The minimum absolute atomic E-state index is 0.0429. The van der Waals surface area contributed by atoms with Gasteiger partial charge in [0.15, 0.2) is 0 Å². The molecule has 2 rings (SSSR count). The van der Waals surface area contributed by atoms with E-state index in [0.717, 1.165) is 25.7 Å². The molecular weight excluding hydrogens is 248 g/mol. The summed E-state index contributed by atoms with van der Waals surface area (Å²) in [4.78, 5) is 24.3. The highest BCUT2D eigenvalue weighted by Crippen LogP contribution is 2.35. The van der Waals surface area contributed by atoms with Crippen molar-refractivity contribution in [1.82, 2.24) is 10.2 Å². The average molecular weight is 270 g/mol. The number of nitrogens with zero attached hydrogens (tertiary/aromatic N) is 1. The second-order valence-corrected chi connectivity index (χ2v) is 5.53. The van der Waals surface area contributed by atoms with Crippen LogP contribution in [-0.4, -0.2) is 58.3 Å². The van der Waals surface area contributed by atoms with Crippen molar-refractivity contribution in [1.29, 1.82) is 0 Å². The number of fused-ring (bicyclic) bond motifs is 2. The van der Waals surface area contributed by atoms with Gasteiger partial charge in [-0.25, -0.2) is 0 Å². The lowest BCUT2D eigenvalue weighted by Crippen LogP contribution is -2.49. The molecule has 2 fully saturated rings. The monoisotopic (exact) mass is 270 g/mol. The fourth-order valence-electron chi connectivity index (χ4n) is 3.19. The van der Waals surface area contributed by atoms with Crippen LogP contribution in [0.4, 0.5) is 0 Å². The molecule has 0 radical (unpaired) electrons. The molecule has 0 aromatic heterocycles. The molecule has 2 aliphatic rings. The molecule has 6 nitrogen and oxygen atoms in total. The van der Waals surface area contributed by atoms with Gasteiger partial charge in [0.05, 0.1) is 12.6 Å². The summed E-state index contributed by atoms with van der Waals surface area (Å²) in [5, 5.41) is 20.9. The highest BCUT2D eigenvalue weighted by atomic mass is 16.4. The third-order valence-corrected chi connectivity index (χ3v) is 4.08. The van der Waals surface area contributed by atoms with Gasteiger partial charge in [0.25, 0.3) is 0 Å². The molecule has 6 heteroatoms. The molecule has 2 bridgehead atoms. The fourth-order valence-corrected chi connectivity index (χ4v) is 3.19. The van der Waals surface area contributed by atoms with Crippen molar-refractivity contribution in [3.63, 3.8) is 0 Å². The molecule has 2 aliphatic heterocycles. The van der Waals surface area contributed by atoms with Crippen molar-refractivity contribution in [2.45, 2.75) is 56.7 Å². The van der Waals surface area contributed by atoms with Crippen molar-refractivity contribution in [2.75, 3.05) is 13.1 Å². The van der Waals surface area contributed by atoms with Crippen molar-refractivity contribution in [2.24, 2.45) is 0 Å². The Hall–Kier alpha value is -1.14. The highest BCUT2D eigenvalue weighted by Gasteiger charge is 2.40. The summed E-state index contributed by atoms with van der Waals surface area (Å²) in [5.74, 6) is -0.879. The standard InChI is InChI=1S/C13H22N2O4/c16-11-6-9-3-4-10(7-11)15(9)8-12(17)14-5-1-2-13(18)19/h9-11,16H,1-8H2,(H,14,17)(H,18,19). The van der Waals surface area contributed by atoms with Crippen molar-refractivity contribution >= 4 is 11.9 Å². The Bertz CT molecular complexity index is 334. The molecule has 0 aromatic rings. The van der Waals surface area contributed by atoms with E-state index in [4.69, 9.17) is 5.11 Å². The number of nitrogens with one attached hydrogen (secondary N) is 1. The summed E-state index contributed by atoms with van der Waals surface area (Å²) < 4.78 is 0. The van der Waals surface area contributed by atoms with Crippen LogP contribution in [0.1, 0.15) is 38.5 Å². The van der Waals surface area contributed by atoms with Gasteiger partial charge in [-0.2, -0.15) is 0 Å². The molecule has 0 aromatic carbocycles. The number of carbonyl (C=O) groups excluding carboxylic acids is 1. The summed E-state index contributed by atoms with van der Waals surface area (Å²) in [6.07, 6.45) is 3.99. The summed E-state index contributed by atoms with van der Waals surface area (Å²) in [5.41, 5.74) is 0. The zero-order valence-electron chi connectivity index (χ0n) is 11.0. The quantitative estimate of drug-likeness (QED) is 0.589. The number of hydrogen-bond acceptors (Lipinski definition) is 4. The third-order valence-electron chi connectivity index (χ3n) is 4.08. The molecule has 2 saturated heterocycles. The zero-order valence-corrected chi connectivity index (χ0v) is 11.0. The Morgan fingerprint density at radius 3 is 2.42 bits per heavy atom. The van der Waals surface area contributed by atoms with Crippen LogP contribution in [-0.2, 0) is 9.59 Å². The fraction of sp³-hybridized carbons (Fsp3) is 0.846. The average Bonchev–Trinajstić information content (AvgIpc) is 2.58. The van der Waals surface area contributed by atoms with Crippen LogP contribution in [0.15, 0.2) is 0 Å². The van der Waals surface area contributed by atoms with Crippen molar-refractivity contribution in [3.8, 4) is 0 Å². The molecule has 1 amide bonds. The summed E-state index contributed by atoms with van der Waals surface area (Å²) in [6.45, 7) is 0.784. The number of piperidine rings is 1. The minimum atomic E-state index is -0.836. The number of amides is 1. The zero-order chi connectivity index (χ0) is 13.8. The van der Waals surface area contributed by atoms with E-state index in [0.29, 0.717) is 31.6 Å². The number of carbonyl (C=O) groups is 2. The molecule has 0 spiro atoms. The third kappa shape index (κ3) is 3.91. The summed E-state index contributed by atoms with van der Waals surface area (Å²) in [6, 6.07) is 0.664. The first-order valence-electron chi connectivity index (χ1n) is 6.98. The molecular formula is C13H22N2O4. The second-order valence-electron chi connectivity index (χ2n) is 5.53. The molecule has 0 aliphatic carbocycles. The first kappa shape index (κ1) is 14.3. The highest BCUT2D eigenvalue weighted by molar-refractivity contribution is 5.78. The maximum absolute atomic E-state index is 11.8. The molecule has 2 unspecified atom stereocenters. The van der Waals surface area contributed by atoms with Gasteiger partial charge in [-0.1, -0.05) is 0 Å². The lowest BCUT2D eigenvalue weighted by atomic mass is 10.00. The number of rotatable bonds is 6. The number of carboxylic acids is 1. The Kier molecular flexibility index (Phi) is 4.76. The maximum atomic E-state index is 11.8. The van der Waals surface area contributed by atoms with Crippen molar-refractivity contribution in [3.05, 3.63) is 0 Å². The number of hydrogen-bond donors (Lipinski definition) is 3. The summed E-state index contributed by atoms with van der Waals surface area (Å²) >= 11 is 0. The van der Waals surface area contributed by atoms with Gasteiger partial charge in [-0.05, 0) is 32.1 Å². The van der Waals surface area contributed by atoms with Crippen LogP contribution < -0.4 is 5.32 Å². The minimum Gasteiger partial charge on any atom is -0.481 e. The predicted molar refractivity (Wildman–Crippen MR) is 68.6 cm³/mol. The van der Waals surface area contributed by atoms with Crippen LogP contribution >= 0.6 is 0 Å². The van der Waals surface area contributed by atoms with E-state index in [9.17, 15) is 14.7 Å². The van der Waals surface area contributed by atoms with Crippen LogP contribution in [0, 0.1) is 0 Å². The number of carboxylic acid groups (broad SMARTS) is 1. The van der Waals surface area contributed by atoms with E-state index >= 15 is 0 Å². The largest absolute Gasteiger partial charge is 0.481 e. The van der Waals surface area contributed by atoms with Gasteiger partial charge in [0.1, 0.15) is 0 Å². The van der Waals surface area contributed by atoms with Gasteiger partial charge in [-0.3, -0.25) is 14.5 Å². The Labute approximate surface area is 112 Å². The van der Waals surface area contributed by atoms with E-state index in [1.165, 1.54) is 0 Å². The van der Waals surface area contributed by atoms with E-state index in [1.54, 1.807) is 0 Å². The Morgan fingerprint density at radius 1 is 1.21 bits per heavy atom. The van der Waals surface area contributed by atoms with Crippen LogP contribution in [0.2, 0.25) is 0 Å². The predicted octanol–water partition coefficient (Wildman–Crippen LogP) is -0.0449. The van der Waals surface area contributed by atoms with E-state index in [-0.39, 0.29) is 18.4 Å². The van der Waals surface area contributed by atoms with Crippen LogP contribution in [0.5, 0.6) is 0 Å². The Balaban J connectivity index is 1.70. The van der Waals surface area contributed by atoms with Gasteiger partial charge < -0.3 is 15.5 Å². The van der Waals surface area contributed by atoms with Gasteiger partial charge >= 0.3 is 5.97 Å². The molecule has 2 heterocycles. The number of aliphatic hydroxyl groups excluding tert-OH is 1. The van der Waals surface area contributed by atoms with Crippen LogP contribution in [0.25, 0.3) is 0 Å². The first-order valence-corrected chi connectivity index (χ1v) is 6.98. The van der Waals surface area contributed by atoms with Gasteiger partial charge in [-0.15, -0.1) is 0 Å². The smallest absolute Gasteiger partial charge is 0.303 e. The van der Waals surface area contributed by atoms with E-state index in [2.05, 4.69) is 10.2 Å². The molecule has 108 valence electrons. The number of aliphatic carboxylic acids is 1. The van der Waals surface area contributed by atoms with Gasteiger partial charge in [0.2, 0.25) is 5.91 Å². The topological polar surface area (TPSA) is 89.9 Å². The number of aliphatic hydroxyl groups is 1. The molecule has 0 saturated carbocycles. The molecule has 2 atom stereocenters. The molecule has 19 heavy (non-hydrogen) atoms. The van der Waals surface area contributed by atoms with Gasteiger partial charge in [0, 0.05) is 25.0 Å². The second kappa shape index (κ2) is 6.34. The van der Waals surface area contributed by atoms with Crippen LogP contribution in [0.3, 0.4) is 0 Å². The van der Waals surface area contributed by atoms with E-state index < -0.39 is 5.97 Å². The normalized spacial score (nSPS) is 30.3. The van der Waals surface area contributed by atoms with Crippen molar-refractivity contribution < 1.29 is 19.8 Å². The Morgan fingerprint density at radius 2 is 1.84 bits per heavy atom. The SMILES string of the molecule is O=C(O)CCCNC(=O)CN1C2CCC1CC(O)C2. The molecule has 3 N–H and O–H groups in total. The van der Waals surface area contributed by atoms with E-state index in [1.807, 2.05) is 0 Å². The first-order chi connectivity index (χ1) is 9.06. The lowest BCUT2D eigenvalue weighted by Gasteiger charge is -2.36. The lowest BCUT2D eigenvalue weighted by molar-refractivity contribution is -0.137.